The van der Waals surface area contributed by atoms with E-state index in [1.165, 1.54) is 10.3 Å². The van der Waals surface area contributed by atoms with Crippen molar-refractivity contribution >= 4 is 51.0 Å². The van der Waals surface area contributed by atoms with Crippen LogP contribution in [-0.2, 0) is 9.59 Å². The minimum Gasteiger partial charge on any atom is -0.457 e. The van der Waals surface area contributed by atoms with Crippen LogP contribution in [0.4, 0.5) is 5.69 Å². The molecule has 0 spiro atoms. The number of nitrogens with zero attached hydrogens (tertiary/aromatic N) is 1. The number of anilines is 1. The molecule has 5 nitrogen and oxygen atoms in total. The van der Waals surface area contributed by atoms with Crippen LogP contribution in [0.15, 0.2) is 97.2 Å². The summed E-state index contributed by atoms with van der Waals surface area (Å²) in [5, 5.41) is 3.11. The van der Waals surface area contributed by atoms with Crippen LogP contribution in [0.1, 0.15) is 24.0 Å². The zero-order valence-electron chi connectivity index (χ0n) is 18.9. The van der Waals surface area contributed by atoms with Gasteiger partial charge in [-0.2, -0.15) is 0 Å². The number of rotatable bonds is 5. The summed E-state index contributed by atoms with van der Waals surface area (Å²) in [5.41, 5.74) is 3.37. The van der Waals surface area contributed by atoms with Crippen molar-refractivity contribution in [1.82, 2.24) is 4.98 Å². The van der Waals surface area contributed by atoms with Crippen molar-refractivity contribution in [3.63, 3.8) is 0 Å². The van der Waals surface area contributed by atoms with Gasteiger partial charge in [0.05, 0.1) is 5.69 Å². The molecule has 1 aromatic heterocycles. The first-order valence-corrected chi connectivity index (χ1v) is 11.6. The Balaban J connectivity index is 1.41. The maximum Gasteiger partial charge on any atom is 0.234 e. The number of H-pyrrole nitrogens is 1. The summed E-state index contributed by atoms with van der Waals surface area (Å²) in [6.45, 7) is 0. The van der Waals surface area contributed by atoms with Crippen molar-refractivity contribution in [2.24, 2.45) is 0 Å². The lowest BCUT2D eigenvalue weighted by Crippen LogP contribution is -2.28. The molecule has 0 atom stereocenters. The number of aromatic amines is 1. The number of imide groups is 1. The normalized spacial score (nSPS) is 14.3. The summed E-state index contributed by atoms with van der Waals surface area (Å²) in [7, 11) is 0. The minimum absolute atomic E-state index is 0.177. The Hall–Kier alpha value is -4.64. The predicted molar refractivity (Wildman–Crippen MR) is 139 cm³/mol. The molecule has 0 radical (unpaired) electrons. The fourth-order valence-electron chi connectivity index (χ4n) is 4.53. The minimum atomic E-state index is -0.177. The van der Waals surface area contributed by atoms with Gasteiger partial charge in [0.2, 0.25) is 11.8 Å². The lowest BCUT2D eigenvalue weighted by molar-refractivity contribution is -0.121. The molecule has 1 aliphatic heterocycles. The van der Waals surface area contributed by atoms with Gasteiger partial charge in [-0.3, -0.25) is 9.59 Å². The van der Waals surface area contributed by atoms with E-state index in [-0.39, 0.29) is 24.7 Å². The zero-order valence-corrected chi connectivity index (χ0v) is 18.9. The van der Waals surface area contributed by atoms with Crippen LogP contribution in [-0.4, -0.2) is 16.8 Å². The third kappa shape index (κ3) is 3.97. The molecule has 0 aliphatic carbocycles. The monoisotopic (exact) mass is 458 g/mol. The number of ether oxygens (including phenoxy) is 1. The van der Waals surface area contributed by atoms with Crippen LogP contribution in [0, 0.1) is 0 Å². The smallest absolute Gasteiger partial charge is 0.234 e. The maximum absolute atomic E-state index is 12.3. The largest absolute Gasteiger partial charge is 0.457 e. The lowest BCUT2D eigenvalue weighted by atomic mass is 10.1. The van der Waals surface area contributed by atoms with Gasteiger partial charge in [-0.15, -0.1) is 0 Å². The highest BCUT2D eigenvalue weighted by Gasteiger charge is 2.32. The molecule has 6 rings (SSSR count). The first-order chi connectivity index (χ1) is 17.2. The molecule has 4 aromatic carbocycles. The van der Waals surface area contributed by atoms with E-state index >= 15 is 0 Å². The summed E-state index contributed by atoms with van der Waals surface area (Å²) in [6, 6.07) is 30.2. The number of carbonyl (C=O) groups excluding carboxylic acids is 2. The molecule has 5 aromatic rings. The number of fused-ring (bicyclic) bond motifs is 2. The first-order valence-electron chi connectivity index (χ1n) is 11.6. The van der Waals surface area contributed by atoms with Gasteiger partial charge in [0.25, 0.3) is 0 Å². The SMILES string of the molecule is O=C1CCC(=O)N1c1c[nH]c2ccc(O/C(=C/c3ccc4ccccc4c3)c3ccccc3)cc12. The Morgan fingerprint density at radius 3 is 2.34 bits per heavy atom. The van der Waals surface area contributed by atoms with Gasteiger partial charge in [-0.1, -0.05) is 66.7 Å². The number of hydrogen-bond donors (Lipinski definition) is 1. The third-order valence-electron chi connectivity index (χ3n) is 6.28. The highest BCUT2D eigenvalue weighted by Crippen LogP contribution is 2.34. The number of aromatic nitrogens is 1. The first kappa shape index (κ1) is 20.9. The topological polar surface area (TPSA) is 62.4 Å². The molecule has 0 saturated carbocycles. The molecule has 0 unspecified atom stereocenters. The Morgan fingerprint density at radius 1 is 0.800 bits per heavy atom. The van der Waals surface area contributed by atoms with Gasteiger partial charge in [0, 0.05) is 35.5 Å². The Bertz CT molecular complexity index is 1600. The van der Waals surface area contributed by atoms with Crippen LogP contribution < -0.4 is 9.64 Å². The average Bonchev–Trinajstić information content (AvgIpc) is 3.45. The van der Waals surface area contributed by atoms with Gasteiger partial charge in [0.15, 0.2) is 0 Å². The van der Waals surface area contributed by atoms with Gasteiger partial charge in [-0.25, -0.2) is 4.90 Å². The van der Waals surface area contributed by atoms with Crippen LogP contribution in [0.25, 0.3) is 33.5 Å². The third-order valence-corrected chi connectivity index (χ3v) is 6.28. The molecule has 0 bridgehead atoms. The molecule has 1 saturated heterocycles. The molecule has 2 heterocycles. The van der Waals surface area contributed by atoms with E-state index in [9.17, 15) is 9.59 Å². The zero-order chi connectivity index (χ0) is 23.8. The van der Waals surface area contributed by atoms with Crippen molar-refractivity contribution in [1.29, 1.82) is 0 Å². The van der Waals surface area contributed by atoms with E-state index in [1.54, 1.807) is 6.20 Å². The summed E-state index contributed by atoms with van der Waals surface area (Å²) in [4.78, 5) is 29.1. The van der Waals surface area contributed by atoms with Crippen LogP contribution in [0.3, 0.4) is 0 Å². The van der Waals surface area contributed by atoms with Crippen molar-refractivity contribution in [3.8, 4) is 5.75 Å². The second-order valence-corrected chi connectivity index (χ2v) is 8.59. The number of carbonyl (C=O) groups is 2. The Kier molecular flexibility index (Phi) is 5.15. The van der Waals surface area contributed by atoms with E-state index in [2.05, 4.69) is 35.3 Å². The molecule has 170 valence electrons. The highest BCUT2D eigenvalue weighted by atomic mass is 16.5. The summed E-state index contributed by atoms with van der Waals surface area (Å²) < 4.78 is 6.42. The van der Waals surface area contributed by atoms with Crippen LogP contribution in [0.5, 0.6) is 5.75 Å². The molecule has 35 heavy (non-hydrogen) atoms. The van der Waals surface area contributed by atoms with Crippen LogP contribution in [0.2, 0.25) is 0 Å². The summed E-state index contributed by atoms with van der Waals surface area (Å²) in [6.07, 6.45) is 4.22. The second kappa shape index (κ2) is 8.61. The summed E-state index contributed by atoms with van der Waals surface area (Å²) >= 11 is 0. The predicted octanol–water partition coefficient (Wildman–Crippen LogP) is 6.55. The molecular formula is C30H22N2O3. The molecule has 5 heteroatoms. The standard InChI is InChI=1S/C30H22N2O3/c33-29-14-15-30(34)32(29)27-19-31-26-13-12-24(18-25(26)27)35-28(22-7-2-1-3-8-22)17-20-10-11-21-6-4-5-9-23(21)16-20/h1-13,16-19,31H,14-15H2/b28-17+. The van der Waals surface area contributed by atoms with Gasteiger partial charge >= 0.3 is 0 Å². The number of amides is 2. The van der Waals surface area contributed by atoms with Crippen molar-refractivity contribution in [3.05, 3.63) is 108 Å². The Morgan fingerprint density at radius 2 is 1.54 bits per heavy atom. The molecule has 1 fully saturated rings. The van der Waals surface area contributed by atoms with Gasteiger partial charge < -0.3 is 9.72 Å². The molecule has 1 aliphatic rings. The molecule has 1 N–H and O–H groups in total. The van der Waals surface area contributed by atoms with Crippen molar-refractivity contribution < 1.29 is 14.3 Å². The fraction of sp³-hybridized carbons (Fsp3) is 0.0667. The van der Waals surface area contributed by atoms with Crippen molar-refractivity contribution in [2.75, 3.05) is 4.90 Å². The van der Waals surface area contributed by atoms with E-state index in [0.29, 0.717) is 17.2 Å². The van der Waals surface area contributed by atoms with Gasteiger partial charge in [-0.05, 0) is 46.7 Å². The Labute approximate surface area is 202 Å². The van der Waals surface area contributed by atoms with Crippen molar-refractivity contribution in [2.45, 2.75) is 12.8 Å². The van der Waals surface area contributed by atoms with E-state index in [4.69, 9.17) is 4.74 Å². The van der Waals surface area contributed by atoms with E-state index in [0.717, 1.165) is 27.4 Å². The number of benzene rings is 4. The number of nitrogens with one attached hydrogen (secondary N) is 1. The fourth-order valence-corrected chi connectivity index (χ4v) is 4.53. The summed E-state index contributed by atoms with van der Waals surface area (Å²) in [5.74, 6) is 0.964. The van der Waals surface area contributed by atoms with E-state index in [1.807, 2.05) is 66.7 Å². The van der Waals surface area contributed by atoms with Crippen LogP contribution >= 0.6 is 0 Å². The van der Waals surface area contributed by atoms with E-state index < -0.39 is 0 Å². The molecule has 2 amide bonds. The second-order valence-electron chi connectivity index (χ2n) is 8.59. The quantitative estimate of drug-likeness (QED) is 0.184. The van der Waals surface area contributed by atoms with Gasteiger partial charge in [0.1, 0.15) is 11.5 Å². The number of hydrogen-bond acceptors (Lipinski definition) is 3. The lowest BCUT2D eigenvalue weighted by Gasteiger charge is -2.14. The average molecular weight is 459 g/mol. The highest BCUT2D eigenvalue weighted by molar-refractivity contribution is 6.23. The maximum atomic E-state index is 12.3. The molecular weight excluding hydrogens is 436 g/mol.